The minimum absolute atomic E-state index is 0.755. The molecule has 1 aliphatic rings. The summed E-state index contributed by atoms with van der Waals surface area (Å²) in [6.07, 6.45) is 13.5. The molecule has 27 heavy (non-hydrogen) atoms. The van der Waals surface area contributed by atoms with Gasteiger partial charge in [-0.15, -0.1) is 0 Å². The number of nitrogens with zero attached hydrogens (tertiary/aromatic N) is 1. The normalized spacial score (nSPS) is 14.5. The Labute approximate surface area is 172 Å². The van der Waals surface area contributed by atoms with Crippen LogP contribution in [0, 0.1) is 0 Å². The smallest absolute Gasteiger partial charge is 0.121 e. The van der Waals surface area contributed by atoms with Crippen LogP contribution < -0.4 is 9.64 Å². The molecule has 4 heteroatoms. The van der Waals surface area contributed by atoms with Gasteiger partial charge in [-0.1, -0.05) is 70.8 Å². The highest BCUT2D eigenvalue weighted by Crippen LogP contribution is 2.28. The van der Waals surface area contributed by atoms with Gasteiger partial charge in [0.2, 0.25) is 0 Å². The summed E-state index contributed by atoms with van der Waals surface area (Å²) in [6, 6.07) is 6.44. The zero-order valence-electron chi connectivity index (χ0n) is 17.3. The molecule has 1 fully saturated rings. The molecule has 0 N–H and O–H groups in total. The van der Waals surface area contributed by atoms with Crippen molar-refractivity contribution in [3.63, 3.8) is 0 Å². The van der Waals surface area contributed by atoms with Gasteiger partial charge in [0, 0.05) is 30.6 Å². The lowest BCUT2D eigenvalue weighted by molar-refractivity contribution is 0.122. The summed E-state index contributed by atoms with van der Waals surface area (Å²) in [4.78, 5) is 2.39. The number of rotatable bonds is 14. The van der Waals surface area contributed by atoms with Crippen LogP contribution in [0.3, 0.4) is 0 Å². The standard InChI is InChI=1S/C23H39NO2S/c1-2-3-4-5-6-7-8-9-10-11-16-26-22-13-12-21(20-27)23(19-22)24-14-17-25-18-15-24/h12-13,19,27H,2-11,14-18,20H2,1H3. The SMILES string of the molecule is CCCCCCCCCCCCOc1ccc(CS)c(N2CCOCC2)c1. The summed E-state index contributed by atoms with van der Waals surface area (Å²) < 4.78 is 11.5. The second-order valence-corrected chi connectivity index (χ2v) is 7.89. The van der Waals surface area contributed by atoms with Crippen LogP contribution >= 0.6 is 12.6 Å². The molecule has 0 amide bonds. The molecule has 1 heterocycles. The van der Waals surface area contributed by atoms with Gasteiger partial charge in [-0.3, -0.25) is 0 Å². The van der Waals surface area contributed by atoms with Crippen molar-refractivity contribution < 1.29 is 9.47 Å². The largest absolute Gasteiger partial charge is 0.494 e. The first-order chi connectivity index (χ1) is 13.3. The molecular formula is C23H39NO2S. The van der Waals surface area contributed by atoms with Crippen molar-refractivity contribution in [2.24, 2.45) is 0 Å². The molecule has 0 spiro atoms. The predicted molar refractivity (Wildman–Crippen MR) is 120 cm³/mol. The van der Waals surface area contributed by atoms with Crippen LogP contribution in [-0.2, 0) is 10.5 Å². The third-order valence-electron chi connectivity index (χ3n) is 5.35. The van der Waals surface area contributed by atoms with Crippen LogP contribution in [0.15, 0.2) is 18.2 Å². The Morgan fingerprint density at radius 2 is 1.56 bits per heavy atom. The fourth-order valence-corrected chi connectivity index (χ4v) is 3.91. The molecule has 3 nitrogen and oxygen atoms in total. The van der Waals surface area contributed by atoms with Gasteiger partial charge in [0.25, 0.3) is 0 Å². The van der Waals surface area contributed by atoms with Gasteiger partial charge in [0.1, 0.15) is 5.75 Å². The fraction of sp³-hybridized carbons (Fsp3) is 0.739. The summed E-state index contributed by atoms with van der Waals surface area (Å²) in [7, 11) is 0. The van der Waals surface area contributed by atoms with E-state index in [0.717, 1.165) is 50.8 Å². The first-order valence-electron chi connectivity index (χ1n) is 11.0. The summed E-state index contributed by atoms with van der Waals surface area (Å²) >= 11 is 4.48. The third-order valence-corrected chi connectivity index (χ3v) is 5.69. The Kier molecular flexibility index (Phi) is 11.8. The minimum Gasteiger partial charge on any atom is -0.494 e. The molecule has 0 aromatic heterocycles. The highest BCUT2D eigenvalue weighted by atomic mass is 32.1. The summed E-state index contributed by atoms with van der Waals surface area (Å²) in [6.45, 7) is 6.59. The maximum Gasteiger partial charge on any atom is 0.121 e. The van der Waals surface area contributed by atoms with Crippen LogP contribution in [0.4, 0.5) is 5.69 Å². The predicted octanol–water partition coefficient (Wildman–Crippen LogP) is 6.25. The van der Waals surface area contributed by atoms with Crippen LogP contribution in [-0.4, -0.2) is 32.9 Å². The van der Waals surface area contributed by atoms with E-state index in [4.69, 9.17) is 9.47 Å². The van der Waals surface area contributed by atoms with E-state index >= 15 is 0 Å². The van der Waals surface area contributed by atoms with E-state index in [-0.39, 0.29) is 0 Å². The highest BCUT2D eigenvalue weighted by molar-refractivity contribution is 7.79. The maximum atomic E-state index is 6.03. The second kappa shape index (κ2) is 14.2. The van der Waals surface area contributed by atoms with Crippen LogP contribution in [0.25, 0.3) is 0 Å². The average Bonchev–Trinajstić information content (AvgIpc) is 2.72. The number of ether oxygens (including phenoxy) is 2. The lowest BCUT2D eigenvalue weighted by Gasteiger charge is -2.30. The molecule has 2 rings (SSSR count). The van der Waals surface area contributed by atoms with E-state index in [9.17, 15) is 0 Å². The molecule has 154 valence electrons. The zero-order chi connectivity index (χ0) is 19.2. The lowest BCUT2D eigenvalue weighted by atomic mass is 10.1. The van der Waals surface area contributed by atoms with Gasteiger partial charge < -0.3 is 14.4 Å². The van der Waals surface area contributed by atoms with Crippen LogP contribution in [0.1, 0.15) is 76.7 Å². The molecule has 0 saturated carbocycles. The van der Waals surface area contributed by atoms with Gasteiger partial charge in [0.05, 0.1) is 19.8 Å². The fourth-order valence-electron chi connectivity index (χ4n) is 3.65. The van der Waals surface area contributed by atoms with Gasteiger partial charge in [-0.25, -0.2) is 0 Å². The first kappa shape index (κ1) is 22.4. The number of unbranched alkanes of at least 4 members (excludes halogenated alkanes) is 9. The Morgan fingerprint density at radius 1 is 0.926 bits per heavy atom. The zero-order valence-corrected chi connectivity index (χ0v) is 18.2. The van der Waals surface area contributed by atoms with Crippen LogP contribution in [0.2, 0.25) is 0 Å². The average molecular weight is 394 g/mol. The number of thiol groups is 1. The lowest BCUT2D eigenvalue weighted by Crippen LogP contribution is -2.36. The van der Waals surface area contributed by atoms with Gasteiger partial charge in [-0.2, -0.15) is 12.6 Å². The summed E-state index contributed by atoms with van der Waals surface area (Å²) in [5, 5.41) is 0. The van der Waals surface area contributed by atoms with E-state index in [1.54, 1.807) is 0 Å². The molecule has 0 aliphatic carbocycles. The van der Waals surface area contributed by atoms with Crippen LogP contribution in [0.5, 0.6) is 5.75 Å². The van der Waals surface area contributed by atoms with E-state index < -0.39 is 0 Å². The number of morpholine rings is 1. The van der Waals surface area contributed by atoms with E-state index in [1.165, 1.54) is 69.0 Å². The number of benzene rings is 1. The first-order valence-corrected chi connectivity index (χ1v) is 11.7. The molecule has 1 saturated heterocycles. The third kappa shape index (κ3) is 8.78. The Bertz CT molecular complexity index is 503. The topological polar surface area (TPSA) is 21.7 Å². The molecule has 1 aliphatic heterocycles. The van der Waals surface area contributed by atoms with Crippen molar-refractivity contribution in [1.82, 2.24) is 0 Å². The van der Waals surface area contributed by atoms with Gasteiger partial charge in [-0.05, 0) is 18.1 Å². The van der Waals surface area contributed by atoms with Gasteiger partial charge in [0.15, 0.2) is 0 Å². The number of hydrogen-bond acceptors (Lipinski definition) is 4. The second-order valence-electron chi connectivity index (χ2n) is 7.58. The van der Waals surface area contributed by atoms with Crippen molar-refractivity contribution in [1.29, 1.82) is 0 Å². The molecule has 1 aromatic carbocycles. The van der Waals surface area contributed by atoms with Crippen molar-refractivity contribution >= 4 is 18.3 Å². The number of hydrogen-bond donors (Lipinski definition) is 1. The maximum absolute atomic E-state index is 6.03. The Morgan fingerprint density at radius 3 is 2.19 bits per heavy atom. The molecular weight excluding hydrogens is 354 g/mol. The van der Waals surface area contributed by atoms with Crippen molar-refractivity contribution in [2.75, 3.05) is 37.8 Å². The summed E-state index contributed by atoms with van der Waals surface area (Å²) in [5.41, 5.74) is 2.53. The van der Waals surface area contributed by atoms with E-state index in [0.29, 0.717) is 0 Å². The number of anilines is 1. The molecule has 1 aromatic rings. The highest BCUT2D eigenvalue weighted by Gasteiger charge is 2.15. The summed E-state index contributed by atoms with van der Waals surface area (Å²) in [5.74, 6) is 1.74. The van der Waals surface area contributed by atoms with E-state index in [1.807, 2.05) is 0 Å². The minimum atomic E-state index is 0.755. The van der Waals surface area contributed by atoms with E-state index in [2.05, 4.69) is 42.7 Å². The van der Waals surface area contributed by atoms with Crippen molar-refractivity contribution in [3.8, 4) is 5.75 Å². The van der Waals surface area contributed by atoms with Gasteiger partial charge >= 0.3 is 0 Å². The monoisotopic (exact) mass is 393 g/mol. The molecule has 0 radical (unpaired) electrons. The van der Waals surface area contributed by atoms with Crippen molar-refractivity contribution in [3.05, 3.63) is 23.8 Å². The molecule has 0 bridgehead atoms. The van der Waals surface area contributed by atoms with Crippen molar-refractivity contribution in [2.45, 2.75) is 76.9 Å². The molecule has 0 unspecified atom stereocenters. The Hall–Kier alpha value is -0.870. The quantitative estimate of drug-likeness (QED) is 0.298. The molecule has 0 atom stereocenters. The Balaban J connectivity index is 1.61.